The van der Waals surface area contributed by atoms with Gasteiger partial charge in [-0.3, -0.25) is 4.57 Å². The molecule has 3 heterocycles. The number of aromatic nitrogens is 4. The van der Waals surface area contributed by atoms with E-state index in [1.165, 1.54) is 0 Å². The molecule has 0 radical (unpaired) electrons. The predicted octanol–water partition coefficient (Wildman–Crippen LogP) is 5.33. The van der Waals surface area contributed by atoms with Crippen LogP contribution < -0.4 is 20.9 Å². The molecule has 0 aliphatic heterocycles. The molecular formula is C29H30N6O2. The summed E-state index contributed by atoms with van der Waals surface area (Å²) in [7, 11) is 3.23. The molecule has 0 aliphatic rings. The first kappa shape index (κ1) is 24.3. The number of anilines is 1. The first-order valence-electron chi connectivity index (χ1n) is 12.1. The van der Waals surface area contributed by atoms with Crippen molar-refractivity contribution in [1.29, 1.82) is 0 Å². The van der Waals surface area contributed by atoms with E-state index in [0.717, 1.165) is 40.0 Å². The van der Waals surface area contributed by atoms with E-state index in [1.807, 2.05) is 66.1 Å². The third-order valence-electron chi connectivity index (χ3n) is 6.78. The molecule has 4 N–H and O–H groups in total. The fourth-order valence-electron chi connectivity index (χ4n) is 4.34. The number of hydrogen-bond donors (Lipinski definition) is 2. The Morgan fingerprint density at radius 2 is 1.68 bits per heavy atom. The Bertz CT molecular complexity index is 1570. The van der Waals surface area contributed by atoms with Gasteiger partial charge >= 0.3 is 0 Å². The topological polar surface area (TPSA) is 114 Å². The van der Waals surface area contributed by atoms with Crippen molar-refractivity contribution in [1.82, 2.24) is 19.5 Å². The molecule has 0 aliphatic carbocycles. The van der Waals surface area contributed by atoms with Crippen LogP contribution in [0.2, 0.25) is 0 Å². The zero-order chi connectivity index (χ0) is 26.2. The van der Waals surface area contributed by atoms with E-state index in [-0.39, 0.29) is 0 Å². The van der Waals surface area contributed by atoms with Crippen molar-refractivity contribution in [2.45, 2.75) is 25.8 Å². The minimum absolute atomic E-state index is 0.399. The van der Waals surface area contributed by atoms with Crippen molar-refractivity contribution in [2.75, 3.05) is 20.0 Å². The van der Waals surface area contributed by atoms with Gasteiger partial charge < -0.3 is 20.9 Å². The first-order valence-corrected chi connectivity index (χ1v) is 12.1. The van der Waals surface area contributed by atoms with E-state index in [4.69, 9.17) is 30.9 Å². The Balaban J connectivity index is 1.73. The highest BCUT2D eigenvalue weighted by atomic mass is 16.5. The molecule has 188 valence electrons. The molecule has 5 aromatic rings. The molecule has 0 saturated heterocycles. The number of imidazole rings is 1. The van der Waals surface area contributed by atoms with Crippen LogP contribution in [-0.2, 0) is 5.54 Å². The van der Waals surface area contributed by atoms with Crippen molar-refractivity contribution in [3.8, 4) is 39.8 Å². The third-order valence-corrected chi connectivity index (χ3v) is 6.78. The lowest BCUT2D eigenvalue weighted by Crippen LogP contribution is -2.31. The molecule has 0 saturated carbocycles. The van der Waals surface area contributed by atoms with E-state index in [2.05, 4.69) is 24.0 Å². The molecule has 1 unspecified atom stereocenters. The normalized spacial score (nSPS) is 12.9. The average molecular weight is 495 g/mol. The van der Waals surface area contributed by atoms with Crippen molar-refractivity contribution < 1.29 is 9.47 Å². The van der Waals surface area contributed by atoms with Crippen LogP contribution in [0.1, 0.15) is 25.8 Å². The molecule has 0 bridgehead atoms. The zero-order valence-corrected chi connectivity index (χ0v) is 21.4. The van der Waals surface area contributed by atoms with Gasteiger partial charge in [0.05, 0.1) is 25.5 Å². The smallest absolute Gasteiger partial charge is 0.165 e. The minimum atomic E-state index is -0.412. The van der Waals surface area contributed by atoms with Crippen molar-refractivity contribution in [3.05, 3.63) is 78.5 Å². The Morgan fingerprint density at radius 1 is 0.919 bits per heavy atom. The van der Waals surface area contributed by atoms with Gasteiger partial charge in [0, 0.05) is 23.0 Å². The largest absolute Gasteiger partial charge is 0.493 e. The second kappa shape index (κ2) is 9.55. The van der Waals surface area contributed by atoms with Crippen molar-refractivity contribution >= 4 is 17.0 Å². The molecule has 5 rings (SSSR count). The summed E-state index contributed by atoms with van der Waals surface area (Å²) in [6, 6.07) is 21.6. The molecule has 8 heteroatoms. The highest BCUT2D eigenvalue weighted by Gasteiger charge is 2.21. The van der Waals surface area contributed by atoms with E-state index >= 15 is 0 Å². The van der Waals surface area contributed by atoms with Crippen LogP contribution in [0.3, 0.4) is 0 Å². The highest BCUT2D eigenvalue weighted by Crippen LogP contribution is 2.35. The first-order chi connectivity index (χ1) is 17.9. The van der Waals surface area contributed by atoms with Gasteiger partial charge in [-0.25, -0.2) is 15.0 Å². The fourth-order valence-corrected chi connectivity index (χ4v) is 4.34. The predicted molar refractivity (Wildman–Crippen MR) is 147 cm³/mol. The summed E-state index contributed by atoms with van der Waals surface area (Å²) in [6.07, 6.45) is 2.49. The van der Waals surface area contributed by atoms with Gasteiger partial charge in [0.15, 0.2) is 23.0 Å². The minimum Gasteiger partial charge on any atom is -0.493 e. The third kappa shape index (κ3) is 4.36. The summed E-state index contributed by atoms with van der Waals surface area (Å²) < 4.78 is 12.9. The lowest BCUT2D eigenvalue weighted by atomic mass is 9.90. The summed E-state index contributed by atoms with van der Waals surface area (Å²) in [5.41, 5.74) is 18.1. The summed E-state index contributed by atoms with van der Waals surface area (Å²) in [5.74, 6) is 2.36. The second-order valence-corrected chi connectivity index (χ2v) is 9.13. The van der Waals surface area contributed by atoms with Gasteiger partial charge in [-0.2, -0.15) is 0 Å². The fraction of sp³-hybridized carbons (Fsp3) is 0.207. The summed E-state index contributed by atoms with van der Waals surface area (Å²) in [5, 5.41) is 0. The van der Waals surface area contributed by atoms with Crippen LogP contribution in [0.15, 0.2) is 72.9 Å². The number of pyridine rings is 2. The Labute approximate surface area is 215 Å². The van der Waals surface area contributed by atoms with Crippen molar-refractivity contribution in [3.63, 3.8) is 0 Å². The number of nitrogens with zero attached hydrogens (tertiary/aromatic N) is 4. The van der Waals surface area contributed by atoms with E-state index in [0.29, 0.717) is 28.8 Å². The van der Waals surface area contributed by atoms with Gasteiger partial charge in [0.25, 0.3) is 0 Å². The van der Waals surface area contributed by atoms with Crippen LogP contribution in [0.5, 0.6) is 11.5 Å². The molecule has 37 heavy (non-hydrogen) atoms. The van der Waals surface area contributed by atoms with E-state index in [9.17, 15) is 0 Å². The lowest BCUT2D eigenvalue weighted by molar-refractivity contribution is 0.355. The van der Waals surface area contributed by atoms with Crippen molar-refractivity contribution in [2.24, 2.45) is 5.73 Å². The van der Waals surface area contributed by atoms with Gasteiger partial charge in [-0.05, 0) is 73.5 Å². The van der Waals surface area contributed by atoms with Crippen LogP contribution in [0, 0.1) is 0 Å². The highest BCUT2D eigenvalue weighted by molar-refractivity contribution is 5.84. The number of nitrogens with two attached hydrogens (primary N) is 2. The number of benzene rings is 2. The number of methoxy groups -OCH3 is 2. The van der Waals surface area contributed by atoms with Gasteiger partial charge in [-0.1, -0.05) is 19.1 Å². The molecule has 0 spiro atoms. The molecule has 2 aromatic carbocycles. The maximum atomic E-state index is 6.49. The van der Waals surface area contributed by atoms with Gasteiger partial charge in [-0.15, -0.1) is 0 Å². The van der Waals surface area contributed by atoms with Gasteiger partial charge in [0.2, 0.25) is 0 Å². The molecular weight excluding hydrogens is 464 g/mol. The molecule has 0 amide bonds. The molecule has 1 atom stereocenters. The number of nitrogen functional groups attached to an aromatic ring is 1. The lowest BCUT2D eigenvalue weighted by Gasteiger charge is -2.23. The zero-order valence-electron chi connectivity index (χ0n) is 21.4. The molecule has 0 fully saturated rings. The van der Waals surface area contributed by atoms with Crippen LogP contribution in [0.4, 0.5) is 5.82 Å². The number of hydrogen-bond acceptors (Lipinski definition) is 7. The summed E-state index contributed by atoms with van der Waals surface area (Å²) in [4.78, 5) is 14.2. The molecule has 3 aromatic heterocycles. The van der Waals surface area contributed by atoms with E-state index < -0.39 is 5.54 Å². The van der Waals surface area contributed by atoms with Crippen LogP contribution >= 0.6 is 0 Å². The number of ether oxygens (including phenoxy) is 2. The second-order valence-electron chi connectivity index (χ2n) is 9.13. The Morgan fingerprint density at radius 3 is 2.35 bits per heavy atom. The van der Waals surface area contributed by atoms with Crippen LogP contribution in [-0.4, -0.2) is 33.7 Å². The summed E-state index contributed by atoms with van der Waals surface area (Å²) in [6.45, 7) is 4.12. The number of fused-ring (bicyclic) bond motifs is 1. The summed E-state index contributed by atoms with van der Waals surface area (Å²) >= 11 is 0. The van der Waals surface area contributed by atoms with E-state index in [1.54, 1.807) is 20.4 Å². The number of rotatable bonds is 7. The SMILES string of the molecule is CCC(C)(N)c1ccc(-n2c(-c3cccnc3N)nc3ccc(-c4ccc(OC)c(OC)c4)nc32)cc1. The van der Waals surface area contributed by atoms with Gasteiger partial charge in [0.1, 0.15) is 11.3 Å². The Hall–Kier alpha value is -4.43. The quantitative estimate of drug-likeness (QED) is 0.314. The monoisotopic (exact) mass is 494 g/mol. The molecule has 8 nitrogen and oxygen atoms in total. The maximum Gasteiger partial charge on any atom is 0.165 e. The standard InChI is InChI=1S/C29H30N6O2/c1-5-29(2,31)19-9-11-20(12-10-19)35-27(21-7-6-16-32-26(21)30)34-23-14-13-22(33-28(23)35)18-8-15-24(36-3)25(17-18)37-4/h6-17H,5,31H2,1-4H3,(H2,30,32). The Kier molecular flexibility index (Phi) is 6.27. The maximum absolute atomic E-state index is 6.49. The average Bonchev–Trinajstić information content (AvgIpc) is 3.31. The van der Waals surface area contributed by atoms with Crippen LogP contribution in [0.25, 0.3) is 39.5 Å².